The third kappa shape index (κ3) is 21.0. The molecule has 6 amide bonds. The normalized spacial score (nSPS) is 21.7. The number of hydrogen-bond donors (Lipinski definition) is 16. The molecule has 0 radical (unpaired) electrons. The lowest BCUT2D eigenvalue weighted by Crippen LogP contribution is -2.63. The van der Waals surface area contributed by atoms with Crippen LogP contribution in [0.15, 0.2) is 66.7 Å². The maximum absolute atomic E-state index is 14.7. The van der Waals surface area contributed by atoms with Gasteiger partial charge in [-0.3, -0.25) is 33.3 Å². The van der Waals surface area contributed by atoms with Gasteiger partial charge in [0, 0.05) is 56.4 Å². The van der Waals surface area contributed by atoms with Crippen molar-refractivity contribution in [2.45, 2.75) is 164 Å². The van der Waals surface area contributed by atoms with Crippen LogP contribution in [0.25, 0.3) is 21.7 Å². The second kappa shape index (κ2) is 34.6. The van der Waals surface area contributed by atoms with Crippen LogP contribution in [0.2, 0.25) is 0 Å². The van der Waals surface area contributed by atoms with E-state index in [1.807, 2.05) is 62.4 Å². The van der Waals surface area contributed by atoms with Crippen LogP contribution in [0.4, 0.5) is 0 Å². The predicted molar refractivity (Wildman–Crippen MR) is 340 cm³/mol. The molecule has 2 saturated heterocycles. The van der Waals surface area contributed by atoms with Crippen LogP contribution in [0.5, 0.6) is 17.2 Å². The van der Waals surface area contributed by atoms with Crippen LogP contribution in [0.3, 0.4) is 0 Å². The topological polar surface area (TPSA) is 462 Å². The second-order valence-corrected chi connectivity index (χ2v) is 26.7. The lowest BCUT2D eigenvalue weighted by Gasteiger charge is -2.33. The van der Waals surface area contributed by atoms with Crippen LogP contribution in [0, 0.1) is 11.8 Å². The number of amides is 6. The monoisotopic (exact) mass is 1360 g/mol. The maximum Gasteiger partial charge on any atom is 0.446 e. The number of aliphatic hydroxyl groups is 8. The first-order valence-electron chi connectivity index (χ1n) is 31.3. The molecule has 94 heavy (non-hydrogen) atoms. The summed E-state index contributed by atoms with van der Waals surface area (Å²) in [5.74, 6) is -6.38. The minimum atomic E-state index is -5.21. The molecular formula is C62H88N10O20S2. The largest absolute Gasteiger partial charge is 0.504 e. The van der Waals surface area contributed by atoms with Crippen molar-refractivity contribution in [3.63, 3.8) is 0 Å². The van der Waals surface area contributed by atoms with Crippen LogP contribution >= 0.6 is 11.3 Å². The molecule has 3 aromatic carbocycles. The summed E-state index contributed by atoms with van der Waals surface area (Å²) < 4.78 is 42.8. The van der Waals surface area contributed by atoms with E-state index in [4.69, 9.17) is 4.74 Å². The van der Waals surface area contributed by atoms with Gasteiger partial charge in [0.2, 0.25) is 35.9 Å². The van der Waals surface area contributed by atoms with Crippen LogP contribution < -0.4 is 40.8 Å². The Kier molecular flexibility index (Phi) is 27.3. The quantitative estimate of drug-likeness (QED) is 0.0181. The number of phenolic OH excluding ortho intramolecular Hbond substituents is 1. The summed E-state index contributed by atoms with van der Waals surface area (Å²) in [5, 5.41) is 123. The highest BCUT2D eigenvalue weighted by atomic mass is 32.3. The van der Waals surface area contributed by atoms with E-state index < -0.39 is 163 Å². The molecule has 32 heteroatoms. The molecule has 30 nitrogen and oxygen atoms in total. The van der Waals surface area contributed by atoms with Gasteiger partial charge in [-0.25, -0.2) is 0 Å². The second-order valence-electron chi connectivity index (χ2n) is 24.6. The molecule has 4 aromatic rings. The minimum Gasteiger partial charge on any atom is -0.504 e. The van der Waals surface area contributed by atoms with Crippen molar-refractivity contribution in [3.8, 4) is 38.9 Å². The van der Waals surface area contributed by atoms with Crippen molar-refractivity contribution >= 4 is 57.7 Å². The van der Waals surface area contributed by atoms with Crippen LogP contribution in [-0.4, -0.2) is 246 Å². The van der Waals surface area contributed by atoms with E-state index in [-0.39, 0.29) is 69.1 Å². The average molecular weight is 1360 g/mol. The Bertz CT molecular complexity index is 3250. The highest BCUT2D eigenvalue weighted by molar-refractivity contribution is 7.81. The summed E-state index contributed by atoms with van der Waals surface area (Å²) in [4.78, 5) is 85.8. The fourth-order valence-corrected chi connectivity index (χ4v) is 13.1. The molecule has 0 spiro atoms. The summed E-state index contributed by atoms with van der Waals surface area (Å²) in [6.45, 7) is 4.96. The van der Waals surface area contributed by atoms with Crippen molar-refractivity contribution in [3.05, 3.63) is 77.3 Å². The van der Waals surface area contributed by atoms with Gasteiger partial charge < -0.3 is 96.6 Å². The van der Waals surface area contributed by atoms with Gasteiger partial charge in [0.05, 0.1) is 68.0 Å². The number of carbonyl (C=O) groups is 6. The van der Waals surface area contributed by atoms with Crippen LogP contribution in [-0.2, 0) is 45.6 Å². The molecule has 3 fully saturated rings. The fraction of sp³-hybridized carbons (Fsp3) is 0.581. The van der Waals surface area contributed by atoms with E-state index in [9.17, 15) is 87.7 Å². The van der Waals surface area contributed by atoms with Crippen molar-refractivity contribution < 1.29 is 96.6 Å². The first-order chi connectivity index (χ1) is 44.6. The zero-order valence-electron chi connectivity index (χ0n) is 52.6. The van der Waals surface area contributed by atoms with E-state index in [1.165, 1.54) is 23.2 Å². The SMILES string of the molecule is CC(C)Oc1ccc(-c2ccc(-c3nnc(C4CCC(CN[C@@H](C[C@@H](O)CNC=O)C(=O)N[C@H](C(=O)N5C[C@H](O)C[C@H]5C(=O)N[C@H](C(=O)N[C@H](C(=O)N5C[C@@H](O)[C@@H](C)C5)[C@H](O)CCNC(CO)CO)[C@H](O)Cc5ccc(O)c(OS(=O)(=O)O)c5)[C@@H](C)O)CC4)s3)cc2)cc1. The van der Waals surface area contributed by atoms with Gasteiger partial charge in [-0.15, -0.1) is 10.2 Å². The zero-order chi connectivity index (χ0) is 68.6. The van der Waals surface area contributed by atoms with E-state index in [1.54, 1.807) is 6.92 Å². The molecule has 1 saturated carbocycles. The average Bonchev–Trinajstić information content (AvgIpc) is 1.88. The summed E-state index contributed by atoms with van der Waals surface area (Å²) in [6, 6.07) is 9.44. The molecule has 0 unspecified atom stereocenters. The third-order valence-electron chi connectivity index (χ3n) is 16.9. The number of rotatable bonds is 34. The third-order valence-corrected chi connectivity index (χ3v) is 18.5. The molecule has 16 N–H and O–H groups in total. The number of β-amino-alcohol motifs (C(OH)–C–C–N with tert-alkyl or cyclic N) is 2. The highest BCUT2D eigenvalue weighted by Gasteiger charge is 2.46. The van der Waals surface area contributed by atoms with Crippen molar-refractivity contribution in [2.75, 3.05) is 52.5 Å². The summed E-state index contributed by atoms with van der Waals surface area (Å²) in [7, 11) is -5.21. The van der Waals surface area contributed by atoms with Gasteiger partial charge in [0.1, 0.15) is 39.9 Å². The maximum atomic E-state index is 14.7. The number of aromatic hydroxyl groups is 1. The number of hydrogen-bond acceptors (Lipinski definition) is 24. The summed E-state index contributed by atoms with van der Waals surface area (Å²) in [6.07, 6.45) is -7.47. The molecule has 1 aliphatic carbocycles. The lowest BCUT2D eigenvalue weighted by molar-refractivity contribution is -0.145. The highest BCUT2D eigenvalue weighted by Crippen LogP contribution is 2.39. The molecule has 7 rings (SSSR count). The zero-order valence-corrected chi connectivity index (χ0v) is 54.3. The molecule has 3 heterocycles. The van der Waals surface area contributed by atoms with Gasteiger partial charge in [-0.05, 0) is 119 Å². The van der Waals surface area contributed by atoms with Gasteiger partial charge in [0.15, 0.2) is 11.5 Å². The molecule has 1 aromatic heterocycles. The molecule has 518 valence electrons. The first kappa shape index (κ1) is 74.3. The Morgan fingerprint density at radius 2 is 1.43 bits per heavy atom. The molecule has 2 aliphatic heterocycles. The number of benzene rings is 3. The number of aliphatic hydroxyl groups excluding tert-OH is 8. The number of nitrogens with zero attached hydrogens (tertiary/aromatic N) is 4. The predicted octanol–water partition coefficient (Wildman–Crippen LogP) is -1.79. The number of nitrogens with one attached hydrogen (secondary N) is 6. The molecule has 3 aliphatic rings. The number of likely N-dealkylation sites (tertiary alicyclic amines) is 2. The molecular weight excluding hydrogens is 1270 g/mol. The van der Waals surface area contributed by atoms with E-state index >= 15 is 0 Å². The number of ether oxygens (including phenoxy) is 1. The van der Waals surface area contributed by atoms with Gasteiger partial charge in [0.25, 0.3) is 0 Å². The lowest BCUT2D eigenvalue weighted by atomic mass is 9.82. The number of carbonyl (C=O) groups excluding carboxylic acids is 6. The molecule has 0 bridgehead atoms. The fourth-order valence-electron chi connectivity index (χ4n) is 11.7. The van der Waals surface area contributed by atoms with Gasteiger partial charge in [-0.1, -0.05) is 60.7 Å². The summed E-state index contributed by atoms with van der Waals surface area (Å²) in [5.41, 5.74) is 2.95. The van der Waals surface area contributed by atoms with Gasteiger partial charge >= 0.3 is 10.4 Å². The minimum absolute atomic E-state index is 0.00739. The Balaban J connectivity index is 1.04. The Morgan fingerprint density at radius 3 is 2.03 bits per heavy atom. The Labute approximate surface area is 548 Å². The molecule has 12 atom stereocenters. The number of phenols is 1. The smallest absolute Gasteiger partial charge is 0.446 e. The first-order valence-corrected chi connectivity index (χ1v) is 33.5. The summed E-state index contributed by atoms with van der Waals surface area (Å²) >= 11 is 1.53. The van der Waals surface area contributed by atoms with Crippen molar-refractivity contribution in [1.29, 1.82) is 0 Å². The number of aromatic nitrogens is 2. The Morgan fingerprint density at radius 1 is 0.777 bits per heavy atom. The van der Waals surface area contributed by atoms with Crippen molar-refractivity contribution in [1.82, 2.24) is 51.9 Å². The van der Waals surface area contributed by atoms with E-state index in [0.717, 1.165) is 81.2 Å². The standard InChI is InChI=1S/C62H88N10O20S2/c1-33(2)91-45-16-14-39(15-17-45)38-10-12-41(13-11-38)60-70-69-59(93-60)40-8-5-36(6-9-40)25-65-46(23-43(77)26-63-32-75)56(83)66-53(35(4)76)62(87)72-28-44(78)24-47(72)57(84)67-54(50(81)21-37-7-18-48(79)52(22-37)92-94(88,89)90)58(85)68-55(49(80)19-20-64-42(30-73)31-74)61(86)71-27-34(3)51(82)29-71/h7,10-18,22,32-36,40,42-44,46-47,49-51,53-55,64-65,73-74,76-82H,5-6,8-9,19-21,23-31H2,1-4H3,(H,63,75)(H,66,83)(H,67,84)(H,68,85)(H,88,89,90)/t34-,35+,36?,40?,43+,44+,46-,47-,49+,50+,51+,53-,54-,55-/m0/s1. The van der Waals surface area contributed by atoms with E-state index in [2.05, 4.69) is 46.3 Å². The van der Waals surface area contributed by atoms with E-state index in [0.29, 0.717) is 6.41 Å². The van der Waals surface area contributed by atoms with Crippen LogP contribution in [0.1, 0.15) is 89.1 Å². The Hall–Kier alpha value is -7.05. The van der Waals surface area contributed by atoms with Gasteiger partial charge in [-0.2, -0.15) is 8.42 Å². The van der Waals surface area contributed by atoms with Crippen molar-refractivity contribution in [2.24, 2.45) is 11.8 Å².